The fraction of sp³-hybridized carbons (Fsp3) is 0.438. The van der Waals surface area contributed by atoms with E-state index in [2.05, 4.69) is 4.98 Å². The molecule has 0 amide bonds. The van der Waals surface area contributed by atoms with Crippen molar-refractivity contribution >= 4 is 0 Å². The first-order valence-corrected chi connectivity index (χ1v) is 7.30. The van der Waals surface area contributed by atoms with E-state index < -0.39 is 0 Å². The summed E-state index contributed by atoms with van der Waals surface area (Å²) in [5, 5.41) is 0. The molecule has 0 aliphatic carbocycles. The molecule has 5 heteroatoms. The van der Waals surface area contributed by atoms with E-state index in [-0.39, 0.29) is 6.04 Å². The van der Waals surface area contributed by atoms with Crippen LogP contribution in [0.5, 0.6) is 11.5 Å². The first-order valence-electron chi connectivity index (χ1n) is 7.30. The zero-order chi connectivity index (χ0) is 15.1. The van der Waals surface area contributed by atoms with Gasteiger partial charge in [0.1, 0.15) is 6.61 Å². The first-order chi connectivity index (χ1) is 10.2. The summed E-state index contributed by atoms with van der Waals surface area (Å²) in [6.07, 6.45) is 4.62. The molecule has 0 fully saturated rings. The molecule has 1 aromatic heterocycles. The number of hydrogen-bond donors (Lipinski definition) is 1. The summed E-state index contributed by atoms with van der Waals surface area (Å²) >= 11 is 0. The summed E-state index contributed by atoms with van der Waals surface area (Å²) in [4.78, 5) is 4.33. The number of nitrogens with two attached hydrogens (primary N) is 1. The Morgan fingerprint density at radius 2 is 1.95 bits per heavy atom. The van der Waals surface area contributed by atoms with E-state index in [9.17, 15) is 0 Å². The quantitative estimate of drug-likeness (QED) is 0.809. The number of hydrogen-bond acceptors (Lipinski definition) is 4. The van der Waals surface area contributed by atoms with E-state index >= 15 is 0 Å². The van der Waals surface area contributed by atoms with Gasteiger partial charge in [0.25, 0.3) is 0 Å². The molecule has 1 atom stereocenters. The van der Waals surface area contributed by atoms with Crippen LogP contribution in [0, 0.1) is 0 Å². The van der Waals surface area contributed by atoms with Crippen LogP contribution in [0.4, 0.5) is 0 Å². The zero-order valence-corrected chi connectivity index (χ0v) is 12.7. The summed E-state index contributed by atoms with van der Waals surface area (Å²) in [6, 6.07) is 7.84. The molecule has 2 aromatic rings. The zero-order valence-electron chi connectivity index (χ0n) is 12.7. The molecule has 2 rings (SSSR count). The van der Waals surface area contributed by atoms with Crippen LogP contribution >= 0.6 is 0 Å². The van der Waals surface area contributed by atoms with E-state index in [0.717, 1.165) is 30.2 Å². The van der Waals surface area contributed by atoms with Crippen molar-refractivity contribution in [2.45, 2.75) is 32.9 Å². The molecule has 1 aromatic carbocycles. The summed E-state index contributed by atoms with van der Waals surface area (Å²) in [6.45, 7) is 5.88. The van der Waals surface area contributed by atoms with Gasteiger partial charge in [-0.3, -0.25) is 0 Å². The number of benzene rings is 1. The maximum absolute atomic E-state index is 5.79. The third kappa shape index (κ3) is 4.79. The Morgan fingerprint density at radius 1 is 1.24 bits per heavy atom. The van der Waals surface area contributed by atoms with E-state index in [0.29, 0.717) is 13.2 Å². The molecular weight excluding hydrogens is 266 g/mol. The largest absolute Gasteiger partial charge is 0.490 e. The maximum atomic E-state index is 5.79. The Kier molecular flexibility index (Phi) is 5.63. The highest BCUT2D eigenvalue weighted by Gasteiger charge is 2.05. The fourth-order valence-electron chi connectivity index (χ4n) is 2.07. The SMILES string of the molecule is CCOc1ccccc1OCCn1cnc(CC(C)N)c1. The van der Waals surface area contributed by atoms with Crippen molar-refractivity contribution < 1.29 is 9.47 Å². The molecule has 0 aliphatic rings. The average molecular weight is 289 g/mol. The molecule has 114 valence electrons. The molecule has 1 unspecified atom stereocenters. The van der Waals surface area contributed by atoms with E-state index in [1.807, 2.05) is 55.2 Å². The minimum absolute atomic E-state index is 0.127. The van der Waals surface area contributed by atoms with E-state index in [4.69, 9.17) is 15.2 Å². The molecule has 0 spiro atoms. The number of para-hydroxylation sites is 2. The van der Waals surface area contributed by atoms with E-state index in [1.165, 1.54) is 0 Å². The van der Waals surface area contributed by atoms with Crippen molar-refractivity contribution in [3.63, 3.8) is 0 Å². The lowest BCUT2D eigenvalue weighted by Crippen LogP contribution is -2.17. The Morgan fingerprint density at radius 3 is 2.62 bits per heavy atom. The molecule has 1 heterocycles. The minimum Gasteiger partial charge on any atom is -0.490 e. The molecule has 0 saturated carbocycles. The molecule has 0 bridgehead atoms. The Balaban J connectivity index is 1.85. The van der Waals surface area contributed by atoms with Crippen LogP contribution in [0.15, 0.2) is 36.8 Å². The van der Waals surface area contributed by atoms with Crippen LogP contribution in [0.25, 0.3) is 0 Å². The van der Waals surface area contributed by atoms with Gasteiger partial charge in [0, 0.05) is 18.7 Å². The van der Waals surface area contributed by atoms with Crippen molar-refractivity contribution in [1.29, 1.82) is 0 Å². The third-order valence-corrected chi connectivity index (χ3v) is 2.97. The smallest absolute Gasteiger partial charge is 0.161 e. The van der Waals surface area contributed by atoms with Crippen molar-refractivity contribution in [1.82, 2.24) is 9.55 Å². The van der Waals surface area contributed by atoms with Gasteiger partial charge in [-0.05, 0) is 26.0 Å². The maximum Gasteiger partial charge on any atom is 0.161 e. The highest BCUT2D eigenvalue weighted by molar-refractivity contribution is 5.39. The van der Waals surface area contributed by atoms with Gasteiger partial charge in [-0.2, -0.15) is 0 Å². The second kappa shape index (κ2) is 7.69. The molecule has 0 saturated heterocycles. The number of aromatic nitrogens is 2. The summed E-state index contributed by atoms with van der Waals surface area (Å²) in [7, 11) is 0. The van der Waals surface area contributed by atoms with Crippen molar-refractivity contribution in [3.8, 4) is 11.5 Å². The average Bonchev–Trinajstić information content (AvgIpc) is 2.88. The predicted octanol–water partition coefficient (Wildman–Crippen LogP) is 2.25. The second-order valence-electron chi connectivity index (χ2n) is 5.01. The molecule has 2 N–H and O–H groups in total. The number of rotatable bonds is 8. The fourth-order valence-corrected chi connectivity index (χ4v) is 2.07. The lowest BCUT2D eigenvalue weighted by molar-refractivity contribution is 0.266. The van der Waals surface area contributed by atoms with Crippen LogP contribution in [0.3, 0.4) is 0 Å². The highest BCUT2D eigenvalue weighted by atomic mass is 16.5. The Labute approximate surface area is 125 Å². The number of imidazole rings is 1. The summed E-state index contributed by atoms with van der Waals surface area (Å²) in [5.41, 5.74) is 6.78. The minimum atomic E-state index is 0.127. The summed E-state index contributed by atoms with van der Waals surface area (Å²) in [5.74, 6) is 1.55. The predicted molar refractivity (Wildman–Crippen MR) is 82.7 cm³/mol. The topological polar surface area (TPSA) is 62.3 Å². The van der Waals surface area contributed by atoms with Gasteiger partial charge in [0.2, 0.25) is 0 Å². The molecule has 0 aliphatic heterocycles. The van der Waals surface area contributed by atoms with Gasteiger partial charge in [0.05, 0.1) is 25.2 Å². The van der Waals surface area contributed by atoms with Gasteiger partial charge in [-0.25, -0.2) is 4.98 Å². The normalized spacial score (nSPS) is 12.1. The van der Waals surface area contributed by atoms with Crippen LogP contribution in [0.1, 0.15) is 19.5 Å². The van der Waals surface area contributed by atoms with Crippen molar-refractivity contribution in [3.05, 3.63) is 42.5 Å². The van der Waals surface area contributed by atoms with Crippen LogP contribution in [0.2, 0.25) is 0 Å². The van der Waals surface area contributed by atoms with Crippen molar-refractivity contribution in [2.24, 2.45) is 5.73 Å². The highest BCUT2D eigenvalue weighted by Crippen LogP contribution is 2.26. The van der Waals surface area contributed by atoms with Crippen LogP contribution in [-0.2, 0) is 13.0 Å². The van der Waals surface area contributed by atoms with Gasteiger partial charge in [-0.1, -0.05) is 12.1 Å². The van der Waals surface area contributed by atoms with Crippen LogP contribution < -0.4 is 15.2 Å². The van der Waals surface area contributed by atoms with Gasteiger partial charge < -0.3 is 19.8 Å². The molecule has 5 nitrogen and oxygen atoms in total. The van der Waals surface area contributed by atoms with E-state index in [1.54, 1.807) is 0 Å². The lowest BCUT2D eigenvalue weighted by atomic mass is 10.2. The van der Waals surface area contributed by atoms with Crippen molar-refractivity contribution in [2.75, 3.05) is 13.2 Å². The van der Waals surface area contributed by atoms with Gasteiger partial charge in [-0.15, -0.1) is 0 Å². The Bertz CT molecular complexity index is 552. The number of ether oxygens (including phenoxy) is 2. The molecule has 0 radical (unpaired) electrons. The lowest BCUT2D eigenvalue weighted by Gasteiger charge is -2.11. The first kappa shape index (κ1) is 15.4. The van der Waals surface area contributed by atoms with Gasteiger partial charge in [0.15, 0.2) is 11.5 Å². The standard InChI is InChI=1S/C16H23N3O2/c1-3-20-15-6-4-5-7-16(15)21-9-8-19-11-14(18-12-19)10-13(2)17/h4-7,11-13H,3,8-10,17H2,1-2H3. The second-order valence-corrected chi connectivity index (χ2v) is 5.01. The Hall–Kier alpha value is -2.01. The van der Waals surface area contributed by atoms with Crippen LogP contribution in [-0.4, -0.2) is 28.8 Å². The number of nitrogens with zero attached hydrogens (tertiary/aromatic N) is 2. The van der Waals surface area contributed by atoms with Gasteiger partial charge >= 0.3 is 0 Å². The third-order valence-electron chi connectivity index (χ3n) is 2.97. The summed E-state index contributed by atoms with van der Waals surface area (Å²) < 4.78 is 13.3. The monoisotopic (exact) mass is 289 g/mol. The molecular formula is C16H23N3O2. The molecule has 21 heavy (non-hydrogen) atoms.